The minimum absolute atomic E-state index is 0.0866. The fourth-order valence-electron chi connectivity index (χ4n) is 3.75. The molecule has 3 rings (SSSR count). The summed E-state index contributed by atoms with van der Waals surface area (Å²) in [5.74, 6) is -0.312. The van der Waals surface area contributed by atoms with Gasteiger partial charge in [0, 0.05) is 17.0 Å². The highest BCUT2D eigenvalue weighted by Gasteiger charge is 2.32. The Kier molecular flexibility index (Phi) is 7.52. The Morgan fingerprint density at radius 1 is 1.00 bits per heavy atom. The van der Waals surface area contributed by atoms with Crippen molar-refractivity contribution in [1.82, 2.24) is 10.0 Å². The van der Waals surface area contributed by atoms with Gasteiger partial charge in [-0.2, -0.15) is 13.2 Å². The quantitative estimate of drug-likeness (QED) is 0.596. The lowest BCUT2D eigenvalue weighted by Gasteiger charge is -2.29. The fourth-order valence-corrected chi connectivity index (χ4v) is 5.18. The summed E-state index contributed by atoms with van der Waals surface area (Å²) in [5.41, 5.74) is 0.0246. The Hall–Kier alpha value is -2.10. The molecular formula is C22H24ClF3N2O3S. The number of alkyl halides is 3. The molecule has 1 aliphatic carbocycles. The highest BCUT2D eigenvalue weighted by Crippen LogP contribution is 2.30. The van der Waals surface area contributed by atoms with Gasteiger partial charge in [0.25, 0.3) is 0 Å². The second kappa shape index (κ2) is 9.80. The van der Waals surface area contributed by atoms with Crippen LogP contribution < -0.4 is 10.0 Å². The van der Waals surface area contributed by atoms with E-state index in [0.717, 1.165) is 29.8 Å². The van der Waals surface area contributed by atoms with E-state index in [0.29, 0.717) is 30.7 Å². The van der Waals surface area contributed by atoms with Crippen LogP contribution >= 0.6 is 11.6 Å². The molecule has 174 valence electrons. The van der Waals surface area contributed by atoms with E-state index in [2.05, 4.69) is 10.0 Å². The van der Waals surface area contributed by atoms with Crippen molar-refractivity contribution in [3.8, 4) is 0 Å². The molecule has 10 heteroatoms. The number of carbonyl (C=O) groups excluding carboxylic acids is 1. The van der Waals surface area contributed by atoms with E-state index in [1.165, 1.54) is 0 Å². The molecule has 0 heterocycles. The number of carbonyl (C=O) groups is 1. The number of sulfonamides is 1. The summed E-state index contributed by atoms with van der Waals surface area (Å²) in [6.07, 6.45) is -2.57. The molecule has 0 spiro atoms. The topological polar surface area (TPSA) is 75.3 Å². The third-order valence-corrected chi connectivity index (χ3v) is 7.43. The van der Waals surface area contributed by atoms with E-state index in [4.69, 9.17) is 11.6 Å². The van der Waals surface area contributed by atoms with Gasteiger partial charge in [-0.15, -0.1) is 0 Å². The van der Waals surface area contributed by atoms with Crippen molar-refractivity contribution in [2.45, 2.75) is 55.8 Å². The van der Waals surface area contributed by atoms with Crippen LogP contribution in [0.1, 0.15) is 49.8 Å². The van der Waals surface area contributed by atoms with Crippen molar-refractivity contribution in [2.24, 2.45) is 5.92 Å². The third kappa shape index (κ3) is 6.24. The average Bonchev–Trinajstić information content (AvgIpc) is 2.74. The van der Waals surface area contributed by atoms with Crippen LogP contribution in [0.2, 0.25) is 5.02 Å². The van der Waals surface area contributed by atoms with Gasteiger partial charge in [-0.1, -0.05) is 23.7 Å². The summed E-state index contributed by atoms with van der Waals surface area (Å²) in [5, 5.41) is 3.59. The highest BCUT2D eigenvalue weighted by atomic mass is 35.5. The maximum atomic E-state index is 12.7. The third-order valence-electron chi connectivity index (χ3n) is 5.64. The first kappa shape index (κ1) is 24.5. The van der Waals surface area contributed by atoms with Gasteiger partial charge in [-0.3, -0.25) is 4.79 Å². The van der Waals surface area contributed by atoms with Gasteiger partial charge in [0.1, 0.15) is 0 Å². The van der Waals surface area contributed by atoms with Crippen LogP contribution in [0.15, 0.2) is 53.4 Å². The zero-order chi connectivity index (χ0) is 23.5. The van der Waals surface area contributed by atoms with Crippen LogP contribution in [-0.4, -0.2) is 20.4 Å². The number of hydrogen-bond acceptors (Lipinski definition) is 3. The zero-order valence-electron chi connectivity index (χ0n) is 17.3. The molecule has 2 aromatic rings. The molecule has 0 saturated heterocycles. The van der Waals surface area contributed by atoms with Crippen LogP contribution in [-0.2, 0) is 21.0 Å². The van der Waals surface area contributed by atoms with Gasteiger partial charge >= 0.3 is 6.18 Å². The van der Waals surface area contributed by atoms with Gasteiger partial charge in [0.05, 0.1) is 16.5 Å². The molecule has 2 aromatic carbocycles. The van der Waals surface area contributed by atoms with Crippen molar-refractivity contribution < 1.29 is 26.4 Å². The molecule has 1 amide bonds. The molecule has 0 unspecified atom stereocenters. The van der Waals surface area contributed by atoms with Gasteiger partial charge in [0.2, 0.25) is 15.9 Å². The molecule has 0 bridgehead atoms. The van der Waals surface area contributed by atoms with Crippen LogP contribution in [0.5, 0.6) is 0 Å². The van der Waals surface area contributed by atoms with Crippen LogP contribution in [0.3, 0.4) is 0 Å². The van der Waals surface area contributed by atoms with Gasteiger partial charge in [-0.05, 0) is 74.6 Å². The van der Waals surface area contributed by atoms with Crippen molar-refractivity contribution >= 4 is 27.5 Å². The van der Waals surface area contributed by atoms with Crippen molar-refractivity contribution in [3.63, 3.8) is 0 Å². The van der Waals surface area contributed by atoms with E-state index < -0.39 is 21.8 Å². The monoisotopic (exact) mass is 488 g/mol. The average molecular weight is 489 g/mol. The normalized spacial score (nSPS) is 20.5. The second-order valence-corrected chi connectivity index (χ2v) is 10.1. The lowest BCUT2D eigenvalue weighted by Crippen LogP contribution is -2.41. The summed E-state index contributed by atoms with van der Waals surface area (Å²) >= 11 is 5.89. The summed E-state index contributed by atoms with van der Waals surface area (Å²) in [6.45, 7) is 1.88. The molecule has 0 aromatic heterocycles. The first-order valence-electron chi connectivity index (χ1n) is 10.2. The van der Waals surface area contributed by atoms with Crippen LogP contribution in [0, 0.1) is 5.92 Å². The number of hydrogen-bond donors (Lipinski definition) is 2. The van der Waals surface area contributed by atoms with E-state index >= 15 is 0 Å². The molecule has 2 N–H and O–H groups in total. The van der Waals surface area contributed by atoms with Gasteiger partial charge in [0.15, 0.2) is 0 Å². The zero-order valence-corrected chi connectivity index (χ0v) is 18.9. The minimum atomic E-state index is -4.53. The van der Waals surface area contributed by atoms with Gasteiger partial charge in [-0.25, -0.2) is 13.1 Å². The van der Waals surface area contributed by atoms with Crippen molar-refractivity contribution in [2.75, 3.05) is 0 Å². The molecule has 1 atom stereocenters. The first-order chi connectivity index (χ1) is 15.0. The fraction of sp³-hybridized carbons (Fsp3) is 0.409. The Morgan fingerprint density at radius 2 is 1.56 bits per heavy atom. The standard InChI is InChI=1S/C22H24ClF3N2O3S/c1-14(15-2-8-18(23)9-3-15)27-21(29)16-4-10-19(11-5-16)28-32(30,31)20-12-6-17(7-13-20)22(24,25)26/h2-3,6-9,12-14,16,19,28H,4-5,10-11H2,1H3,(H,27,29)/t14-,16-,19-/m1/s1. The van der Waals surface area contributed by atoms with E-state index in [1.807, 2.05) is 19.1 Å². The van der Waals surface area contributed by atoms with E-state index in [-0.39, 0.29) is 28.8 Å². The minimum Gasteiger partial charge on any atom is -0.349 e. The van der Waals surface area contributed by atoms with E-state index in [9.17, 15) is 26.4 Å². The van der Waals surface area contributed by atoms with Crippen molar-refractivity contribution in [1.29, 1.82) is 0 Å². The Morgan fingerprint density at radius 3 is 2.09 bits per heavy atom. The molecule has 1 saturated carbocycles. The van der Waals surface area contributed by atoms with Crippen LogP contribution in [0.25, 0.3) is 0 Å². The maximum absolute atomic E-state index is 12.7. The summed E-state index contributed by atoms with van der Waals surface area (Å²) < 4.78 is 65.6. The molecule has 0 radical (unpaired) electrons. The summed E-state index contributed by atoms with van der Waals surface area (Å²) in [7, 11) is -3.95. The smallest absolute Gasteiger partial charge is 0.349 e. The molecule has 1 aliphatic rings. The highest BCUT2D eigenvalue weighted by molar-refractivity contribution is 7.89. The number of nitrogens with one attached hydrogen (secondary N) is 2. The molecule has 5 nitrogen and oxygen atoms in total. The number of amides is 1. The molecule has 1 fully saturated rings. The second-order valence-electron chi connectivity index (χ2n) is 7.97. The molecule has 0 aliphatic heterocycles. The predicted octanol–water partition coefficient (Wildman–Crippen LogP) is 5.07. The Bertz CT molecular complexity index is 1030. The lowest BCUT2D eigenvalue weighted by molar-refractivity contribution is -0.137. The van der Waals surface area contributed by atoms with E-state index in [1.54, 1.807) is 12.1 Å². The van der Waals surface area contributed by atoms with Crippen LogP contribution in [0.4, 0.5) is 13.2 Å². The summed E-state index contributed by atoms with van der Waals surface area (Å²) in [6, 6.07) is 10.0. The predicted molar refractivity (Wildman–Crippen MR) is 116 cm³/mol. The number of rotatable bonds is 6. The van der Waals surface area contributed by atoms with Gasteiger partial charge < -0.3 is 5.32 Å². The Balaban J connectivity index is 1.52. The summed E-state index contributed by atoms with van der Waals surface area (Å²) in [4.78, 5) is 12.4. The van der Waals surface area contributed by atoms with Crippen molar-refractivity contribution in [3.05, 3.63) is 64.7 Å². The number of benzene rings is 2. The largest absolute Gasteiger partial charge is 0.416 e. The SMILES string of the molecule is C[C@@H](NC(=O)[C@H]1CC[C@H](NS(=O)(=O)c2ccc(C(F)(F)F)cc2)CC1)c1ccc(Cl)cc1. The molecule has 32 heavy (non-hydrogen) atoms. The Labute approximate surface area is 190 Å². The first-order valence-corrected chi connectivity index (χ1v) is 12.1. The molecular weight excluding hydrogens is 465 g/mol. The maximum Gasteiger partial charge on any atom is 0.416 e. The number of halogens is 4. The lowest BCUT2D eigenvalue weighted by atomic mass is 9.85.